The van der Waals surface area contributed by atoms with Gasteiger partial charge in [0.2, 0.25) is 0 Å². The van der Waals surface area contributed by atoms with Gasteiger partial charge in [-0.05, 0) is 28.8 Å². The molecular formula is C28H24O6S2. The SMILES string of the molecule is O=S(=O)(O)c1ccccc1/C=C/C1(/C=C/c2ccccc2S(=O)(=O)O)C=CC(c2ccccc2)C=C1. The largest absolute Gasteiger partial charge is 0.295 e. The molecule has 0 heterocycles. The van der Waals surface area contributed by atoms with Crippen LogP contribution in [-0.4, -0.2) is 25.9 Å². The highest BCUT2D eigenvalue weighted by Crippen LogP contribution is 2.36. The lowest BCUT2D eigenvalue weighted by atomic mass is 9.78. The topological polar surface area (TPSA) is 109 Å². The van der Waals surface area contributed by atoms with Crippen molar-refractivity contribution >= 4 is 32.4 Å². The van der Waals surface area contributed by atoms with Crippen molar-refractivity contribution in [3.8, 4) is 0 Å². The molecule has 0 radical (unpaired) electrons. The van der Waals surface area contributed by atoms with Crippen molar-refractivity contribution in [1.82, 2.24) is 0 Å². The average molecular weight is 521 g/mol. The van der Waals surface area contributed by atoms with E-state index in [2.05, 4.69) is 0 Å². The number of benzene rings is 3. The van der Waals surface area contributed by atoms with E-state index in [1.807, 2.05) is 54.6 Å². The first-order valence-corrected chi connectivity index (χ1v) is 13.9. The van der Waals surface area contributed by atoms with Crippen molar-refractivity contribution in [3.63, 3.8) is 0 Å². The molecule has 0 atom stereocenters. The van der Waals surface area contributed by atoms with Gasteiger partial charge in [0.1, 0.15) is 9.79 Å². The molecule has 4 rings (SSSR count). The fraction of sp³-hybridized carbons (Fsp3) is 0.0714. The molecule has 1 aliphatic carbocycles. The third kappa shape index (κ3) is 5.98. The van der Waals surface area contributed by atoms with Crippen LogP contribution in [-0.2, 0) is 20.2 Å². The summed E-state index contributed by atoms with van der Waals surface area (Å²) in [6.07, 6.45) is 14.6. The molecule has 2 N–H and O–H groups in total. The summed E-state index contributed by atoms with van der Waals surface area (Å²) in [6.45, 7) is 0. The minimum atomic E-state index is -4.43. The number of rotatable bonds is 7. The molecule has 0 saturated heterocycles. The monoisotopic (exact) mass is 520 g/mol. The lowest BCUT2D eigenvalue weighted by Gasteiger charge is -2.25. The first-order valence-electron chi connectivity index (χ1n) is 11.0. The van der Waals surface area contributed by atoms with Crippen LogP contribution < -0.4 is 0 Å². The minimum absolute atomic E-state index is 0.0244. The van der Waals surface area contributed by atoms with E-state index in [9.17, 15) is 25.9 Å². The Morgan fingerprint density at radius 3 is 1.47 bits per heavy atom. The maximum Gasteiger partial charge on any atom is 0.295 e. The summed E-state index contributed by atoms with van der Waals surface area (Å²) in [5, 5.41) is 0. The fourth-order valence-corrected chi connectivity index (χ4v) is 5.38. The van der Waals surface area contributed by atoms with E-state index in [1.54, 1.807) is 48.6 Å². The van der Waals surface area contributed by atoms with Crippen LogP contribution in [0.4, 0.5) is 0 Å². The van der Waals surface area contributed by atoms with Crippen LogP contribution in [0.15, 0.2) is 125 Å². The lowest BCUT2D eigenvalue weighted by molar-refractivity contribution is 0.480. The zero-order valence-electron chi connectivity index (χ0n) is 19.0. The van der Waals surface area contributed by atoms with Crippen LogP contribution in [0.1, 0.15) is 22.6 Å². The van der Waals surface area contributed by atoms with Gasteiger partial charge < -0.3 is 0 Å². The summed E-state index contributed by atoms with van der Waals surface area (Å²) in [5.41, 5.74) is 0.861. The maximum absolute atomic E-state index is 11.8. The van der Waals surface area contributed by atoms with E-state index < -0.39 is 25.7 Å². The molecule has 0 bridgehead atoms. The Morgan fingerprint density at radius 2 is 1.03 bits per heavy atom. The van der Waals surface area contributed by atoms with Gasteiger partial charge in [-0.1, -0.05) is 115 Å². The summed E-state index contributed by atoms with van der Waals surface area (Å²) >= 11 is 0. The van der Waals surface area contributed by atoms with E-state index >= 15 is 0 Å². The third-order valence-corrected chi connectivity index (χ3v) is 7.72. The second-order valence-electron chi connectivity index (χ2n) is 8.35. The summed E-state index contributed by atoms with van der Waals surface area (Å²) < 4.78 is 66.5. The molecule has 3 aromatic carbocycles. The van der Waals surface area contributed by atoms with Gasteiger partial charge in [0, 0.05) is 11.3 Å². The number of hydrogen-bond acceptors (Lipinski definition) is 4. The molecule has 0 fully saturated rings. The van der Waals surface area contributed by atoms with Gasteiger partial charge in [0.15, 0.2) is 0 Å². The maximum atomic E-state index is 11.8. The van der Waals surface area contributed by atoms with Crippen molar-refractivity contribution in [1.29, 1.82) is 0 Å². The molecule has 0 aromatic heterocycles. The first-order chi connectivity index (χ1) is 17.1. The van der Waals surface area contributed by atoms with Crippen LogP contribution in [0.2, 0.25) is 0 Å². The Morgan fingerprint density at radius 1 is 0.611 bits per heavy atom. The lowest BCUT2D eigenvalue weighted by Crippen LogP contribution is -2.13. The average Bonchev–Trinajstić information content (AvgIpc) is 2.87. The van der Waals surface area contributed by atoms with Crippen molar-refractivity contribution < 1.29 is 25.9 Å². The Kier molecular flexibility index (Phi) is 7.23. The van der Waals surface area contributed by atoms with Crippen molar-refractivity contribution in [2.75, 3.05) is 0 Å². The molecular weight excluding hydrogens is 496 g/mol. The molecule has 0 amide bonds. The standard InChI is InChI=1S/C28H24O6S2/c29-35(30,31)26-12-6-4-10-24(26)16-20-28(18-14-23(15-19-28)22-8-2-1-3-9-22)21-17-25-11-5-7-13-27(25)36(32,33)34/h1-21,23H,(H,29,30,31)(H,32,33,34)/b20-16+,21-17+. The van der Waals surface area contributed by atoms with Crippen molar-refractivity contribution in [2.45, 2.75) is 15.7 Å². The van der Waals surface area contributed by atoms with Crippen LogP contribution in [0.5, 0.6) is 0 Å². The fourth-order valence-electron chi connectivity index (χ4n) is 4.01. The zero-order chi connectivity index (χ0) is 25.8. The zero-order valence-corrected chi connectivity index (χ0v) is 20.7. The Balaban J connectivity index is 1.78. The van der Waals surface area contributed by atoms with Crippen molar-refractivity contribution in [2.24, 2.45) is 5.41 Å². The van der Waals surface area contributed by atoms with E-state index in [4.69, 9.17) is 0 Å². The number of allylic oxidation sites excluding steroid dienone is 6. The normalized spacial score (nSPS) is 16.2. The third-order valence-electron chi connectivity index (χ3n) is 5.87. The summed E-state index contributed by atoms with van der Waals surface area (Å²) in [5.74, 6) is 0.0244. The number of hydrogen-bond donors (Lipinski definition) is 2. The van der Waals surface area contributed by atoms with Gasteiger partial charge >= 0.3 is 0 Å². The van der Waals surface area contributed by atoms with Crippen LogP contribution >= 0.6 is 0 Å². The molecule has 6 nitrogen and oxygen atoms in total. The molecule has 0 spiro atoms. The molecule has 0 aliphatic heterocycles. The van der Waals surface area contributed by atoms with E-state index in [-0.39, 0.29) is 15.7 Å². The quantitative estimate of drug-likeness (QED) is 0.301. The van der Waals surface area contributed by atoms with Gasteiger partial charge in [-0.25, -0.2) is 0 Å². The predicted octanol–water partition coefficient (Wildman–Crippen LogP) is 5.80. The Labute approximate surface area is 211 Å². The summed E-state index contributed by atoms with van der Waals surface area (Å²) in [7, 11) is -8.86. The second-order valence-corrected chi connectivity index (χ2v) is 11.1. The van der Waals surface area contributed by atoms with E-state index in [1.165, 1.54) is 24.3 Å². The van der Waals surface area contributed by atoms with Gasteiger partial charge in [0.25, 0.3) is 20.2 Å². The summed E-state index contributed by atoms with van der Waals surface area (Å²) in [4.78, 5) is -0.439. The summed E-state index contributed by atoms with van der Waals surface area (Å²) in [6, 6.07) is 22.0. The van der Waals surface area contributed by atoms with Gasteiger partial charge in [0.05, 0.1) is 0 Å². The van der Waals surface area contributed by atoms with Gasteiger partial charge in [-0.2, -0.15) is 16.8 Å². The van der Waals surface area contributed by atoms with Crippen LogP contribution in [0.25, 0.3) is 12.2 Å². The minimum Gasteiger partial charge on any atom is -0.282 e. The second kappa shape index (κ2) is 10.2. The Hall–Kier alpha value is -3.56. The Bertz CT molecular complexity index is 1480. The van der Waals surface area contributed by atoms with Gasteiger partial charge in [-0.15, -0.1) is 0 Å². The molecule has 0 unspecified atom stereocenters. The highest BCUT2D eigenvalue weighted by atomic mass is 32.2. The molecule has 8 heteroatoms. The van der Waals surface area contributed by atoms with Crippen molar-refractivity contribution in [3.05, 3.63) is 132 Å². The van der Waals surface area contributed by atoms with Gasteiger partial charge in [-0.3, -0.25) is 9.11 Å². The smallest absolute Gasteiger partial charge is 0.282 e. The molecule has 1 aliphatic rings. The first kappa shape index (κ1) is 25.5. The predicted molar refractivity (Wildman–Crippen MR) is 140 cm³/mol. The molecule has 0 saturated carbocycles. The molecule has 184 valence electrons. The highest BCUT2D eigenvalue weighted by molar-refractivity contribution is 7.86. The van der Waals surface area contributed by atoms with Crippen LogP contribution in [0.3, 0.4) is 0 Å². The highest BCUT2D eigenvalue weighted by Gasteiger charge is 2.23. The van der Waals surface area contributed by atoms with E-state index in [0.29, 0.717) is 11.1 Å². The molecule has 36 heavy (non-hydrogen) atoms. The molecule has 3 aromatic rings. The van der Waals surface area contributed by atoms with Crippen LogP contribution in [0, 0.1) is 5.41 Å². The van der Waals surface area contributed by atoms with E-state index in [0.717, 1.165) is 5.56 Å².